The van der Waals surface area contributed by atoms with Gasteiger partial charge in [-0.2, -0.15) is 0 Å². The van der Waals surface area contributed by atoms with E-state index < -0.39 is 10.0 Å². The first kappa shape index (κ1) is 13.6. The number of sulfonamides is 1. The monoisotopic (exact) mass is 308 g/mol. The average Bonchev–Trinajstić information content (AvgIpc) is 2.97. The van der Waals surface area contributed by atoms with E-state index in [-0.39, 0.29) is 6.04 Å². The van der Waals surface area contributed by atoms with Crippen LogP contribution in [-0.4, -0.2) is 22.0 Å². The maximum Gasteiger partial charge on any atom is 0.250 e. The number of nitrogens with one attached hydrogen (secondary N) is 1. The summed E-state index contributed by atoms with van der Waals surface area (Å²) in [5.74, 6) is 0. The van der Waals surface area contributed by atoms with Crippen molar-refractivity contribution in [2.45, 2.75) is 16.7 Å². The van der Waals surface area contributed by atoms with E-state index in [1.165, 1.54) is 11.3 Å². The largest absolute Gasteiger partial charge is 0.374 e. The Balaban J connectivity index is 1.92. The Morgan fingerprint density at radius 1 is 1.25 bits per heavy atom. The minimum Gasteiger partial charge on any atom is -0.374 e. The van der Waals surface area contributed by atoms with Crippen molar-refractivity contribution in [1.29, 1.82) is 0 Å². The quantitative estimate of drug-likeness (QED) is 0.948. The molecule has 1 aliphatic rings. The van der Waals surface area contributed by atoms with Crippen LogP contribution in [0.1, 0.15) is 18.0 Å². The van der Waals surface area contributed by atoms with Gasteiger partial charge in [-0.25, -0.2) is 13.1 Å². The fraction of sp³-hybridized carbons (Fsp3) is 0.286. The van der Waals surface area contributed by atoms with Gasteiger partial charge in [0, 0.05) is 19.3 Å². The predicted octanol–water partition coefficient (Wildman–Crippen LogP) is 2.61. The Labute approximate surface area is 123 Å². The van der Waals surface area contributed by atoms with Gasteiger partial charge < -0.3 is 4.90 Å². The lowest BCUT2D eigenvalue weighted by molar-refractivity contribution is 0.530. The van der Waals surface area contributed by atoms with Crippen LogP contribution in [0.4, 0.5) is 5.69 Å². The second-order valence-corrected chi connectivity index (χ2v) is 7.76. The summed E-state index contributed by atoms with van der Waals surface area (Å²) >= 11 is 1.24. The average molecular weight is 308 g/mol. The third-order valence-electron chi connectivity index (χ3n) is 3.53. The molecule has 0 fully saturated rings. The van der Waals surface area contributed by atoms with Gasteiger partial charge in [0.2, 0.25) is 0 Å². The zero-order chi connectivity index (χ0) is 14.2. The molecule has 0 aliphatic carbocycles. The molecule has 6 heteroatoms. The number of fused-ring (bicyclic) bond motifs is 1. The highest BCUT2D eigenvalue weighted by molar-refractivity contribution is 7.91. The summed E-state index contributed by atoms with van der Waals surface area (Å²) in [6, 6.07) is 11.2. The van der Waals surface area contributed by atoms with Crippen LogP contribution in [0, 0.1) is 0 Å². The molecule has 3 rings (SSSR count). The third-order valence-corrected chi connectivity index (χ3v) is 6.40. The van der Waals surface area contributed by atoms with Crippen LogP contribution in [0.5, 0.6) is 0 Å². The highest BCUT2D eigenvalue weighted by Crippen LogP contribution is 2.33. The van der Waals surface area contributed by atoms with Crippen molar-refractivity contribution in [1.82, 2.24) is 4.72 Å². The smallest absolute Gasteiger partial charge is 0.250 e. The SMILES string of the molecule is CN1CCC(NS(=O)(=O)c2cccs2)c2ccccc21. The summed E-state index contributed by atoms with van der Waals surface area (Å²) in [5.41, 5.74) is 2.14. The van der Waals surface area contributed by atoms with Gasteiger partial charge in [-0.1, -0.05) is 24.3 Å². The number of para-hydroxylation sites is 1. The second kappa shape index (κ2) is 5.20. The Kier molecular flexibility index (Phi) is 3.54. The number of benzene rings is 1. The van der Waals surface area contributed by atoms with Gasteiger partial charge in [-0.3, -0.25) is 0 Å². The summed E-state index contributed by atoms with van der Waals surface area (Å²) < 4.78 is 27.9. The Hall–Kier alpha value is -1.37. The standard InChI is InChI=1S/C14H16N2O2S2/c1-16-9-8-12(11-5-2-3-6-13(11)16)15-20(17,18)14-7-4-10-19-14/h2-7,10,12,15H,8-9H2,1H3. The van der Waals surface area contributed by atoms with E-state index in [4.69, 9.17) is 0 Å². The van der Waals surface area contributed by atoms with E-state index in [1.54, 1.807) is 17.5 Å². The van der Waals surface area contributed by atoms with E-state index in [9.17, 15) is 8.42 Å². The molecule has 1 aromatic carbocycles. The Bertz CT molecular complexity index is 696. The van der Waals surface area contributed by atoms with E-state index in [2.05, 4.69) is 9.62 Å². The van der Waals surface area contributed by atoms with Gasteiger partial charge >= 0.3 is 0 Å². The number of hydrogen-bond acceptors (Lipinski definition) is 4. The molecule has 1 aromatic heterocycles. The molecule has 2 heterocycles. The number of hydrogen-bond donors (Lipinski definition) is 1. The highest BCUT2D eigenvalue weighted by Gasteiger charge is 2.27. The number of nitrogens with zero attached hydrogens (tertiary/aromatic N) is 1. The zero-order valence-corrected chi connectivity index (χ0v) is 12.7. The Morgan fingerprint density at radius 3 is 2.80 bits per heavy atom. The van der Waals surface area contributed by atoms with Crippen molar-refractivity contribution in [2.75, 3.05) is 18.5 Å². The molecule has 0 spiro atoms. The van der Waals surface area contributed by atoms with Crippen molar-refractivity contribution in [3.05, 3.63) is 47.3 Å². The highest BCUT2D eigenvalue weighted by atomic mass is 32.2. The normalized spacial score (nSPS) is 18.9. The molecule has 0 saturated carbocycles. The molecular formula is C14H16N2O2S2. The van der Waals surface area contributed by atoms with E-state index in [1.807, 2.05) is 31.3 Å². The molecule has 0 radical (unpaired) electrons. The van der Waals surface area contributed by atoms with Gasteiger partial charge in [0.15, 0.2) is 0 Å². The van der Waals surface area contributed by atoms with Crippen LogP contribution < -0.4 is 9.62 Å². The summed E-state index contributed by atoms with van der Waals surface area (Å²) in [6.45, 7) is 0.842. The van der Waals surface area contributed by atoms with Crippen molar-refractivity contribution in [2.24, 2.45) is 0 Å². The van der Waals surface area contributed by atoms with Gasteiger partial charge in [-0.15, -0.1) is 11.3 Å². The molecule has 1 atom stereocenters. The van der Waals surface area contributed by atoms with Crippen LogP contribution in [0.15, 0.2) is 46.0 Å². The minimum absolute atomic E-state index is 0.158. The van der Waals surface area contributed by atoms with E-state index >= 15 is 0 Å². The molecule has 1 unspecified atom stereocenters. The third kappa shape index (κ3) is 2.46. The number of anilines is 1. The molecule has 1 aliphatic heterocycles. The van der Waals surface area contributed by atoms with Crippen LogP contribution in [0.2, 0.25) is 0 Å². The lowest BCUT2D eigenvalue weighted by Gasteiger charge is -2.33. The van der Waals surface area contributed by atoms with Crippen LogP contribution in [0.25, 0.3) is 0 Å². The number of rotatable bonds is 3. The van der Waals surface area contributed by atoms with Crippen molar-refractivity contribution >= 4 is 27.0 Å². The van der Waals surface area contributed by atoms with Crippen LogP contribution in [-0.2, 0) is 10.0 Å². The molecule has 0 amide bonds. The summed E-state index contributed by atoms with van der Waals surface area (Å²) in [4.78, 5) is 2.16. The van der Waals surface area contributed by atoms with E-state index in [0.717, 1.165) is 24.2 Å². The van der Waals surface area contributed by atoms with Crippen molar-refractivity contribution < 1.29 is 8.42 Å². The Morgan fingerprint density at radius 2 is 2.05 bits per heavy atom. The molecule has 20 heavy (non-hydrogen) atoms. The van der Waals surface area contributed by atoms with Gasteiger partial charge in [0.1, 0.15) is 4.21 Å². The molecule has 0 bridgehead atoms. The van der Waals surface area contributed by atoms with Crippen LogP contribution in [0.3, 0.4) is 0 Å². The van der Waals surface area contributed by atoms with Crippen molar-refractivity contribution in [3.63, 3.8) is 0 Å². The zero-order valence-electron chi connectivity index (χ0n) is 11.1. The predicted molar refractivity (Wildman–Crippen MR) is 81.7 cm³/mol. The fourth-order valence-corrected chi connectivity index (χ4v) is 4.77. The lowest BCUT2D eigenvalue weighted by atomic mass is 9.98. The topological polar surface area (TPSA) is 49.4 Å². The summed E-state index contributed by atoms with van der Waals surface area (Å²) in [7, 11) is -1.40. The molecule has 106 valence electrons. The first-order valence-corrected chi connectivity index (χ1v) is 8.80. The molecule has 1 N–H and O–H groups in total. The second-order valence-electron chi connectivity index (χ2n) is 4.88. The summed E-state index contributed by atoms with van der Waals surface area (Å²) in [5, 5.41) is 1.77. The molecule has 2 aromatic rings. The first-order chi connectivity index (χ1) is 9.58. The molecular weight excluding hydrogens is 292 g/mol. The lowest BCUT2D eigenvalue weighted by Crippen LogP contribution is -2.36. The summed E-state index contributed by atoms with van der Waals surface area (Å²) in [6.07, 6.45) is 0.776. The minimum atomic E-state index is -3.43. The maximum atomic E-state index is 12.3. The first-order valence-electron chi connectivity index (χ1n) is 6.44. The van der Waals surface area contributed by atoms with Gasteiger partial charge in [0.25, 0.3) is 10.0 Å². The maximum absolute atomic E-state index is 12.3. The molecule has 4 nitrogen and oxygen atoms in total. The van der Waals surface area contributed by atoms with Gasteiger partial charge in [-0.05, 0) is 29.5 Å². The van der Waals surface area contributed by atoms with Crippen LogP contribution >= 0.6 is 11.3 Å². The van der Waals surface area contributed by atoms with Crippen molar-refractivity contribution in [3.8, 4) is 0 Å². The van der Waals surface area contributed by atoms with E-state index in [0.29, 0.717) is 4.21 Å². The number of thiophene rings is 1. The van der Waals surface area contributed by atoms with Gasteiger partial charge in [0.05, 0.1) is 6.04 Å². The fourth-order valence-electron chi connectivity index (χ4n) is 2.51. The molecule has 0 saturated heterocycles.